The Hall–Kier alpha value is -0.330. The molecule has 3 aliphatic carbocycles. The van der Waals surface area contributed by atoms with Crippen LogP contribution in [0.3, 0.4) is 0 Å². The molecule has 3 rings (SSSR count). The zero-order valence-corrected chi connectivity index (χ0v) is 7.46. The molecule has 66 valence electrons. The van der Waals surface area contributed by atoms with Gasteiger partial charge in [0.25, 0.3) is 0 Å². The Morgan fingerprint density at radius 3 is 1.83 bits per heavy atom. The molecular weight excluding hydrogens is 148 g/mol. The lowest BCUT2D eigenvalue weighted by Crippen LogP contribution is -2.12. The average Bonchev–Trinajstić information content (AvgIpc) is 2.72. The van der Waals surface area contributed by atoms with E-state index in [0.29, 0.717) is 17.6 Å². The molecule has 0 aromatic heterocycles. The molecule has 1 nitrogen and oxygen atoms in total. The molecule has 0 saturated heterocycles. The molecule has 3 fully saturated rings. The molecule has 3 aliphatic rings. The minimum atomic E-state index is 0.514. The predicted octanol–water partition coefficient (Wildman–Crippen LogP) is 2.40. The zero-order valence-electron chi connectivity index (χ0n) is 7.46. The van der Waals surface area contributed by atoms with Crippen LogP contribution in [0.1, 0.15) is 38.5 Å². The van der Waals surface area contributed by atoms with Crippen molar-refractivity contribution in [1.82, 2.24) is 0 Å². The fraction of sp³-hybridized carbons (Fsp3) is 0.909. The lowest BCUT2D eigenvalue weighted by Gasteiger charge is -2.14. The molecule has 3 saturated carbocycles. The summed E-state index contributed by atoms with van der Waals surface area (Å²) in [4.78, 5) is 11.9. The summed E-state index contributed by atoms with van der Waals surface area (Å²) in [5.41, 5.74) is 0. The molecular formula is C11H16O. The maximum absolute atomic E-state index is 11.9. The number of Topliss-reactive ketones (excluding diaryl/α,β-unsaturated/α-hetero) is 1. The highest BCUT2D eigenvalue weighted by Crippen LogP contribution is 2.54. The van der Waals surface area contributed by atoms with Crippen LogP contribution in [0.25, 0.3) is 0 Å². The van der Waals surface area contributed by atoms with Gasteiger partial charge in [0.1, 0.15) is 5.78 Å². The number of hydrogen-bond donors (Lipinski definition) is 0. The van der Waals surface area contributed by atoms with Crippen LogP contribution in [0.4, 0.5) is 0 Å². The Kier molecular flexibility index (Phi) is 1.38. The van der Waals surface area contributed by atoms with Crippen molar-refractivity contribution in [3.8, 4) is 0 Å². The van der Waals surface area contributed by atoms with Crippen LogP contribution in [-0.4, -0.2) is 5.78 Å². The van der Waals surface area contributed by atoms with Crippen LogP contribution in [0.5, 0.6) is 0 Å². The predicted molar refractivity (Wildman–Crippen MR) is 46.7 cm³/mol. The standard InChI is InChI=1S/C11H16O/c12-11-9-5-1-3-7(9)8-4-2-6-10(8)11/h7-10H,1-6H2/t7-,8-,9-,10-/m0/s1. The van der Waals surface area contributed by atoms with Gasteiger partial charge < -0.3 is 0 Å². The minimum absolute atomic E-state index is 0.514. The molecule has 0 amide bonds. The van der Waals surface area contributed by atoms with Crippen molar-refractivity contribution in [1.29, 1.82) is 0 Å². The van der Waals surface area contributed by atoms with Crippen molar-refractivity contribution < 1.29 is 4.79 Å². The Morgan fingerprint density at radius 2 is 1.33 bits per heavy atom. The number of hydrogen-bond acceptors (Lipinski definition) is 1. The molecule has 4 atom stereocenters. The van der Waals surface area contributed by atoms with E-state index in [1.54, 1.807) is 0 Å². The average molecular weight is 164 g/mol. The summed E-state index contributed by atoms with van der Waals surface area (Å²) in [6.45, 7) is 0. The van der Waals surface area contributed by atoms with Gasteiger partial charge in [-0.25, -0.2) is 0 Å². The molecule has 0 heterocycles. The second-order valence-electron chi connectivity index (χ2n) is 4.80. The molecule has 0 N–H and O–H groups in total. The van der Waals surface area contributed by atoms with E-state index >= 15 is 0 Å². The third-order valence-electron chi connectivity index (χ3n) is 4.42. The maximum atomic E-state index is 11.9. The van der Waals surface area contributed by atoms with E-state index in [2.05, 4.69) is 0 Å². The van der Waals surface area contributed by atoms with Gasteiger partial charge in [-0.1, -0.05) is 12.8 Å². The Morgan fingerprint density at radius 1 is 0.833 bits per heavy atom. The van der Waals surface area contributed by atoms with Gasteiger partial charge in [-0.05, 0) is 37.5 Å². The first-order valence-electron chi connectivity index (χ1n) is 5.41. The summed E-state index contributed by atoms with van der Waals surface area (Å²) >= 11 is 0. The Labute approximate surface area is 73.5 Å². The van der Waals surface area contributed by atoms with E-state index < -0.39 is 0 Å². The van der Waals surface area contributed by atoms with Gasteiger partial charge in [-0.3, -0.25) is 4.79 Å². The molecule has 12 heavy (non-hydrogen) atoms. The number of ketones is 1. The van der Waals surface area contributed by atoms with Crippen LogP contribution >= 0.6 is 0 Å². The van der Waals surface area contributed by atoms with Crippen LogP contribution in [0.15, 0.2) is 0 Å². The maximum Gasteiger partial charge on any atom is 0.139 e. The van der Waals surface area contributed by atoms with Gasteiger partial charge in [-0.15, -0.1) is 0 Å². The second kappa shape index (κ2) is 2.34. The van der Waals surface area contributed by atoms with Crippen molar-refractivity contribution in [3.05, 3.63) is 0 Å². The zero-order chi connectivity index (χ0) is 8.13. The van der Waals surface area contributed by atoms with Gasteiger partial charge in [0.05, 0.1) is 0 Å². The van der Waals surface area contributed by atoms with Crippen LogP contribution in [0, 0.1) is 23.7 Å². The van der Waals surface area contributed by atoms with Crippen molar-refractivity contribution in [2.45, 2.75) is 38.5 Å². The molecule has 0 bridgehead atoms. The molecule has 1 heteroatoms. The third kappa shape index (κ3) is 0.725. The fourth-order valence-electron chi connectivity index (χ4n) is 3.98. The number of carbonyl (C=O) groups is 1. The summed E-state index contributed by atoms with van der Waals surface area (Å²) in [7, 11) is 0. The number of rotatable bonds is 0. The fourth-order valence-corrected chi connectivity index (χ4v) is 3.98. The summed E-state index contributed by atoms with van der Waals surface area (Å²) in [6, 6.07) is 0. The number of fused-ring (bicyclic) bond motifs is 3. The molecule has 0 aromatic carbocycles. The van der Waals surface area contributed by atoms with Crippen LogP contribution < -0.4 is 0 Å². The Balaban J connectivity index is 1.94. The first-order valence-corrected chi connectivity index (χ1v) is 5.41. The van der Waals surface area contributed by atoms with Gasteiger partial charge in [0, 0.05) is 11.8 Å². The first kappa shape index (κ1) is 7.11. The Bertz CT molecular complexity index is 199. The summed E-state index contributed by atoms with van der Waals surface area (Å²) in [6.07, 6.45) is 7.80. The smallest absolute Gasteiger partial charge is 0.139 e. The van der Waals surface area contributed by atoms with Gasteiger partial charge in [0.2, 0.25) is 0 Å². The van der Waals surface area contributed by atoms with E-state index in [4.69, 9.17) is 0 Å². The lowest BCUT2D eigenvalue weighted by molar-refractivity contribution is -0.124. The minimum Gasteiger partial charge on any atom is -0.299 e. The molecule has 0 radical (unpaired) electrons. The molecule has 0 aliphatic heterocycles. The summed E-state index contributed by atoms with van der Waals surface area (Å²) < 4.78 is 0. The van der Waals surface area contributed by atoms with Crippen molar-refractivity contribution >= 4 is 5.78 Å². The second-order valence-corrected chi connectivity index (χ2v) is 4.80. The van der Waals surface area contributed by atoms with Crippen LogP contribution in [-0.2, 0) is 4.79 Å². The molecule has 0 spiro atoms. The quantitative estimate of drug-likeness (QED) is 0.537. The van der Waals surface area contributed by atoms with E-state index in [1.165, 1.54) is 38.5 Å². The third-order valence-corrected chi connectivity index (χ3v) is 4.42. The monoisotopic (exact) mass is 164 g/mol. The van der Waals surface area contributed by atoms with Crippen molar-refractivity contribution in [3.63, 3.8) is 0 Å². The van der Waals surface area contributed by atoms with Gasteiger partial charge in [0.15, 0.2) is 0 Å². The van der Waals surface area contributed by atoms with E-state index in [9.17, 15) is 4.79 Å². The van der Waals surface area contributed by atoms with E-state index in [-0.39, 0.29) is 0 Å². The number of carbonyl (C=O) groups excluding carboxylic acids is 1. The summed E-state index contributed by atoms with van der Waals surface area (Å²) in [5, 5.41) is 0. The SMILES string of the molecule is O=C1[C@H]2CCC[C@H]2[C@@H]2CCC[C@H]12. The van der Waals surface area contributed by atoms with Crippen molar-refractivity contribution in [2.24, 2.45) is 23.7 Å². The van der Waals surface area contributed by atoms with Crippen molar-refractivity contribution in [2.75, 3.05) is 0 Å². The highest BCUT2D eigenvalue weighted by molar-refractivity contribution is 5.87. The first-order chi connectivity index (χ1) is 5.88. The van der Waals surface area contributed by atoms with Gasteiger partial charge >= 0.3 is 0 Å². The lowest BCUT2D eigenvalue weighted by atomic mass is 9.90. The largest absolute Gasteiger partial charge is 0.299 e. The normalized spacial score (nSPS) is 51.2. The van der Waals surface area contributed by atoms with Crippen LogP contribution in [0.2, 0.25) is 0 Å². The molecule has 0 unspecified atom stereocenters. The highest BCUT2D eigenvalue weighted by atomic mass is 16.1. The highest BCUT2D eigenvalue weighted by Gasteiger charge is 2.52. The summed E-state index contributed by atoms with van der Waals surface area (Å²) in [5.74, 6) is 3.33. The van der Waals surface area contributed by atoms with Gasteiger partial charge in [-0.2, -0.15) is 0 Å². The topological polar surface area (TPSA) is 17.1 Å². The van der Waals surface area contributed by atoms with E-state index in [0.717, 1.165) is 11.8 Å². The molecule has 0 aromatic rings. The van der Waals surface area contributed by atoms with E-state index in [1.807, 2.05) is 0 Å².